The molecule has 0 atom stereocenters. The molecule has 0 aliphatic carbocycles. The molecule has 2 aromatic rings. The summed E-state index contributed by atoms with van der Waals surface area (Å²) in [6, 6.07) is 6.18. The Labute approximate surface area is 142 Å². The minimum absolute atomic E-state index is 0.703. The Morgan fingerprint density at radius 3 is 2.77 bits per heavy atom. The molecule has 22 heavy (non-hydrogen) atoms. The summed E-state index contributed by atoms with van der Waals surface area (Å²) in [6.45, 7) is 5.22. The lowest BCUT2D eigenvalue weighted by atomic mass is 10.1. The predicted octanol–water partition coefficient (Wildman–Crippen LogP) is 5.25. The van der Waals surface area contributed by atoms with Crippen molar-refractivity contribution in [3.63, 3.8) is 0 Å². The Morgan fingerprint density at radius 2 is 1.95 bits per heavy atom. The molecule has 120 valence electrons. The van der Waals surface area contributed by atoms with Gasteiger partial charge in [0, 0.05) is 12.2 Å². The van der Waals surface area contributed by atoms with E-state index >= 15 is 0 Å². The monoisotopic (exact) mass is 335 g/mol. The number of aromatic nitrogens is 1. The number of aryl methyl sites for hydroxylation is 1. The molecular weight excluding hydrogens is 310 g/mol. The van der Waals surface area contributed by atoms with Gasteiger partial charge in [-0.3, -0.25) is 0 Å². The van der Waals surface area contributed by atoms with E-state index in [1.165, 1.54) is 43.2 Å². The van der Waals surface area contributed by atoms with Crippen molar-refractivity contribution in [1.82, 2.24) is 10.3 Å². The van der Waals surface area contributed by atoms with Crippen molar-refractivity contribution in [3.05, 3.63) is 23.2 Å². The molecule has 1 aromatic carbocycles. The standard InChI is InChI=1S/C17H25N3S2/c1-3-4-5-6-7-8-11-18-17(21)20-14-9-10-15-16(12-14)22-13(2)19-15/h9-10,12H,3-8,11H2,1-2H3,(H2,18,20,21). The van der Waals surface area contributed by atoms with Crippen molar-refractivity contribution in [1.29, 1.82) is 0 Å². The van der Waals surface area contributed by atoms with Gasteiger partial charge in [-0.1, -0.05) is 39.0 Å². The van der Waals surface area contributed by atoms with Crippen LogP contribution in [0.15, 0.2) is 18.2 Å². The first-order valence-electron chi connectivity index (χ1n) is 8.11. The van der Waals surface area contributed by atoms with E-state index in [9.17, 15) is 0 Å². The summed E-state index contributed by atoms with van der Waals surface area (Å²) >= 11 is 7.06. The maximum Gasteiger partial charge on any atom is 0.170 e. The fraction of sp³-hybridized carbons (Fsp3) is 0.529. The molecule has 2 N–H and O–H groups in total. The first-order chi connectivity index (χ1) is 10.7. The summed E-state index contributed by atoms with van der Waals surface area (Å²) in [5.41, 5.74) is 2.08. The predicted molar refractivity (Wildman–Crippen MR) is 102 cm³/mol. The minimum atomic E-state index is 0.703. The normalized spacial score (nSPS) is 10.8. The Bertz CT molecular complexity index is 607. The summed E-state index contributed by atoms with van der Waals surface area (Å²) < 4.78 is 1.20. The molecular formula is C17H25N3S2. The van der Waals surface area contributed by atoms with E-state index < -0.39 is 0 Å². The fourth-order valence-electron chi connectivity index (χ4n) is 2.40. The van der Waals surface area contributed by atoms with Gasteiger partial charge in [-0.05, 0) is 43.8 Å². The third-order valence-corrected chi connectivity index (χ3v) is 4.75. The van der Waals surface area contributed by atoms with Crippen LogP contribution >= 0.6 is 23.6 Å². The van der Waals surface area contributed by atoms with E-state index in [0.717, 1.165) is 22.8 Å². The molecule has 3 nitrogen and oxygen atoms in total. The van der Waals surface area contributed by atoms with Crippen molar-refractivity contribution in [3.8, 4) is 0 Å². The number of hydrogen-bond acceptors (Lipinski definition) is 3. The van der Waals surface area contributed by atoms with Gasteiger partial charge in [0.05, 0.1) is 15.2 Å². The molecule has 5 heteroatoms. The molecule has 0 saturated carbocycles. The number of thiocarbonyl (C=S) groups is 1. The van der Waals surface area contributed by atoms with Gasteiger partial charge in [0.15, 0.2) is 5.11 Å². The maximum absolute atomic E-state index is 5.35. The molecule has 1 aromatic heterocycles. The molecule has 0 saturated heterocycles. The topological polar surface area (TPSA) is 37.0 Å². The van der Waals surface area contributed by atoms with Crippen molar-refractivity contribution in [2.75, 3.05) is 11.9 Å². The number of nitrogens with zero attached hydrogens (tertiary/aromatic N) is 1. The second-order valence-corrected chi connectivity index (χ2v) is 7.21. The van der Waals surface area contributed by atoms with Gasteiger partial charge in [0.1, 0.15) is 0 Å². The highest BCUT2D eigenvalue weighted by Crippen LogP contribution is 2.24. The Hall–Kier alpha value is -1.20. The van der Waals surface area contributed by atoms with Gasteiger partial charge in [-0.2, -0.15) is 0 Å². The third kappa shape index (κ3) is 5.54. The lowest BCUT2D eigenvalue weighted by molar-refractivity contribution is 0.603. The smallest absolute Gasteiger partial charge is 0.170 e. The second-order valence-electron chi connectivity index (χ2n) is 5.56. The lowest BCUT2D eigenvalue weighted by Crippen LogP contribution is -2.29. The Morgan fingerprint density at radius 1 is 1.18 bits per heavy atom. The summed E-state index contributed by atoms with van der Waals surface area (Å²) in [5, 5.41) is 8.33. The average molecular weight is 336 g/mol. The first-order valence-corrected chi connectivity index (χ1v) is 9.33. The van der Waals surface area contributed by atoms with Crippen LogP contribution in [0.2, 0.25) is 0 Å². The highest BCUT2D eigenvalue weighted by molar-refractivity contribution is 7.80. The first kappa shape index (κ1) is 17.2. The minimum Gasteiger partial charge on any atom is -0.362 e. The molecule has 0 aliphatic heterocycles. The third-order valence-electron chi connectivity index (χ3n) is 3.57. The zero-order valence-electron chi connectivity index (χ0n) is 13.4. The summed E-state index contributed by atoms with van der Waals surface area (Å²) in [6.07, 6.45) is 7.80. The Balaban J connectivity index is 1.69. The van der Waals surface area contributed by atoms with E-state index in [-0.39, 0.29) is 0 Å². The van der Waals surface area contributed by atoms with Crippen molar-refractivity contribution >= 4 is 44.6 Å². The van der Waals surface area contributed by atoms with Gasteiger partial charge in [-0.25, -0.2) is 4.98 Å². The van der Waals surface area contributed by atoms with Gasteiger partial charge in [0.2, 0.25) is 0 Å². The molecule has 0 unspecified atom stereocenters. The average Bonchev–Trinajstić information content (AvgIpc) is 2.85. The van der Waals surface area contributed by atoms with Crippen molar-refractivity contribution < 1.29 is 0 Å². The summed E-state index contributed by atoms with van der Waals surface area (Å²) in [4.78, 5) is 4.47. The van der Waals surface area contributed by atoms with E-state index in [1.807, 2.05) is 19.1 Å². The number of benzene rings is 1. The van der Waals surface area contributed by atoms with Crippen molar-refractivity contribution in [2.45, 2.75) is 52.4 Å². The highest BCUT2D eigenvalue weighted by Gasteiger charge is 2.03. The molecule has 0 fully saturated rings. The van der Waals surface area contributed by atoms with Crippen LogP contribution in [0.5, 0.6) is 0 Å². The summed E-state index contributed by atoms with van der Waals surface area (Å²) in [5.74, 6) is 0. The van der Waals surface area contributed by atoms with Gasteiger partial charge < -0.3 is 10.6 Å². The number of rotatable bonds is 8. The SMILES string of the molecule is CCCCCCCCNC(=S)Nc1ccc2nc(C)sc2c1. The largest absolute Gasteiger partial charge is 0.362 e. The van der Waals surface area contributed by atoms with E-state index in [0.29, 0.717) is 5.11 Å². The number of unbranched alkanes of at least 4 members (excludes halogenated alkanes) is 5. The molecule has 0 radical (unpaired) electrons. The van der Waals surface area contributed by atoms with Crippen LogP contribution in [0.3, 0.4) is 0 Å². The quantitative estimate of drug-likeness (QED) is 0.510. The van der Waals surface area contributed by atoms with Crippen LogP contribution in [0.1, 0.15) is 50.5 Å². The maximum atomic E-state index is 5.35. The Kier molecular flexibility index (Phi) is 7.06. The molecule has 1 heterocycles. The van der Waals surface area contributed by atoms with Crippen LogP contribution in [0.25, 0.3) is 10.2 Å². The number of anilines is 1. The van der Waals surface area contributed by atoms with E-state index in [1.54, 1.807) is 11.3 Å². The van der Waals surface area contributed by atoms with Crippen LogP contribution in [-0.4, -0.2) is 16.6 Å². The highest BCUT2D eigenvalue weighted by atomic mass is 32.1. The number of nitrogens with one attached hydrogen (secondary N) is 2. The van der Waals surface area contributed by atoms with Gasteiger partial charge in [-0.15, -0.1) is 11.3 Å². The number of fused-ring (bicyclic) bond motifs is 1. The van der Waals surface area contributed by atoms with Crippen LogP contribution in [0.4, 0.5) is 5.69 Å². The van der Waals surface area contributed by atoms with Gasteiger partial charge >= 0.3 is 0 Å². The van der Waals surface area contributed by atoms with Crippen LogP contribution in [0, 0.1) is 6.92 Å². The van der Waals surface area contributed by atoms with Crippen molar-refractivity contribution in [2.24, 2.45) is 0 Å². The zero-order valence-corrected chi connectivity index (χ0v) is 15.1. The van der Waals surface area contributed by atoms with E-state index in [4.69, 9.17) is 12.2 Å². The van der Waals surface area contributed by atoms with E-state index in [2.05, 4.69) is 28.6 Å². The number of hydrogen-bond donors (Lipinski definition) is 2. The molecule has 0 aliphatic rings. The lowest BCUT2D eigenvalue weighted by Gasteiger charge is -2.10. The summed E-state index contributed by atoms with van der Waals surface area (Å²) in [7, 11) is 0. The zero-order chi connectivity index (χ0) is 15.8. The molecule has 2 rings (SSSR count). The second kappa shape index (κ2) is 9.06. The van der Waals surface area contributed by atoms with Crippen LogP contribution in [-0.2, 0) is 0 Å². The molecule has 0 bridgehead atoms. The number of thiazole rings is 1. The van der Waals surface area contributed by atoms with Gasteiger partial charge in [0.25, 0.3) is 0 Å². The molecule has 0 amide bonds. The molecule has 0 spiro atoms. The van der Waals surface area contributed by atoms with Crippen LogP contribution < -0.4 is 10.6 Å². The fourth-order valence-corrected chi connectivity index (χ4v) is 3.49.